The number of pyridine rings is 1. The summed E-state index contributed by atoms with van der Waals surface area (Å²) < 4.78 is 0. The van der Waals surface area contributed by atoms with Crippen molar-refractivity contribution < 1.29 is 0 Å². The van der Waals surface area contributed by atoms with Crippen LogP contribution in [0, 0.1) is 13.8 Å². The molecule has 0 unspecified atom stereocenters. The van der Waals surface area contributed by atoms with Crippen molar-refractivity contribution in [1.29, 1.82) is 0 Å². The summed E-state index contributed by atoms with van der Waals surface area (Å²) in [4.78, 5) is 7.89. The van der Waals surface area contributed by atoms with E-state index in [1.165, 1.54) is 16.3 Å². The molecule has 2 nitrogen and oxygen atoms in total. The summed E-state index contributed by atoms with van der Waals surface area (Å²) in [6.07, 6.45) is 0. The van der Waals surface area contributed by atoms with Crippen molar-refractivity contribution in [1.82, 2.24) is 9.97 Å². The second-order valence-electron chi connectivity index (χ2n) is 3.96. The minimum absolute atomic E-state index is 0.985. The molecular formula is C13H12N2. The zero-order chi connectivity index (χ0) is 10.4. The van der Waals surface area contributed by atoms with E-state index in [0.717, 1.165) is 16.9 Å². The van der Waals surface area contributed by atoms with Crippen LogP contribution in [-0.4, -0.2) is 9.97 Å². The monoisotopic (exact) mass is 196 g/mol. The first-order chi connectivity index (χ1) is 7.25. The Morgan fingerprint density at radius 1 is 1.07 bits per heavy atom. The second-order valence-corrected chi connectivity index (χ2v) is 3.96. The second kappa shape index (κ2) is 2.83. The molecule has 1 N–H and O–H groups in total. The lowest BCUT2D eigenvalue weighted by atomic mass is 10.1. The number of H-pyrrole nitrogens is 1. The molecule has 1 aromatic carbocycles. The van der Waals surface area contributed by atoms with Crippen LogP contribution in [0.3, 0.4) is 0 Å². The van der Waals surface area contributed by atoms with E-state index in [-0.39, 0.29) is 0 Å². The zero-order valence-corrected chi connectivity index (χ0v) is 8.83. The number of aromatic nitrogens is 2. The van der Waals surface area contributed by atoms with Gasteiger partial charge in [-0.05, 0) is 31.5 Å². The summed E-state index contributed by atoms with van der Waals surface area (Å²) in [7, 11) is 0. The Balaban J connectivity index is 2.56. The van der Waals surface area contributed by atoms with Gasteiger partial charge in [-0.2, -0.15) is 0 Å². The molecule has 0 saturated carbocycles. The Labute approximate surface area is 88.0 Å². The number of aryl methyl sites for hydroxylation is 2. The van der Waals surface area contributed by atoms with E-state index in [4.69, 9.17) is 0 Å². The van der Waals surface area contributed by atoms with Crippen LogP contribution in [-0.2, 0) is 0 Å². The number of nitrogens with one attached hydrogen (secondary N) is 1. The van der Waals surface area contributed by atoms with Crippen LogP contribution in [0.1, 0.15) is 11.3 Å². The van der Waals surface area contributed by atoms with E-state index >= 15 is 0 Å². The van der Waals surface area contributed by atoms with Gasteiger partial charge in [-0.25, -0.2) is 4.98 Å². The van der Waals surface area contributed by atoms with E-state index in [9.17, 15) is 0 Å². The van der Waals surface area contributed by atoms with Crippen LogP contribution >= 0.6 is 0 Å². The maximum atomic E-state index is 4.56. The van der Waals surface area contributed by atoms with Gasteiger partial charge in [-0.3, -0.25) is 0 Å². The van der Waals surface area contributed by atoms with Gasteiger partial charge >= 0.3 is 0 Å². The molecule has 15 heavy (non-hydrogen) atoms. The van der Waals surface area contributed by atoms with Crippen molar-refractivity contribution in [3.8, 4) is 0 Å². The van der Waals surface area contributed by atoms with Crippen molar-refractivity contribution in [2.75, 3.05) is 0 Å². The summed E-state index contributed by atoms with van der Waals surface area (Å²) in [5.74, 6) is 0. The van der Waals surface area contributed by atoms with E-state index in [2.05, 4.69) is 41.2 Å². The summed E-state index contributed by atoms with van der Waals surface area (Å²) in [5, 5.41) is 2.47. The normalized spacial score (nSPS) is 11.3. The molecule has 0 aliphatic rings. The number of hydrogen-bond acceptors (Lipinski definition) is 1. The average molecular weight is 196 g/mol. The van der Waals surface area contributed by atoms with Crippen molar-refractivity contribution >= 4 is 21.9 Å². The first kappa shape index (κ1) is 8.48. The fourth-order valence-electron chi connectivity index (χ4n) is 1.96. The first-order valence-corrected chi connectivity index (χ1v) is 5.10. The Hall–Kier alpha value is -1.83. The average Bonchev–Trinajstić information content (AvgIpc) is 2.57. The van der Waals surface area contributed by atoms with Crippen LogP contribution in [0.15, 0.2) is 30.3 Å². The third-order valence-corrected chi connectivity index (χ3v) is 2.94. The van der Waals surface area contributed by atoms with Gasteiger partial charge in [0.25, 0.3) is 0 Å². The molecule has 0 amide bonds. The molecule has 3 rings (SSSR count). The highest BCUT2D eigenvalue weighted by Crippen LogP contribution is 2.25. The Bertz CT molecular complexity index is 650. The minimum Gasteiger partial charge on any atom is -0.339 e. The molecule has 0 spiro atoms. The van der Waals surface area contributed by atoms with Crippen molar-refractivity contribution in [3.63, 3.8) is 0 Å². The maximum absolute atomic E-state index is 4.56. The number of fused-ring (bicyclic) bond motifs is 3. The quantitative estimate of drug-likeness (QED) is 0.587. The summed E-state index contributed by atoms with van der Waals surface area (Å²) >= 11 is 0. The fourth-order valence-corrected chi connectivity index (χ4v) is 1.96. The molecule has 2 heteroatoms. The van der Waals surface area contributed by atoms with E-state index < -0.39 is 0 Å². The number of rotatable bonds is 0. The van der Waals surface area contributed by atoms with Crippen LogP contribution in [0.25, 0.3) is 21.9 Å². The fraction of sp³-hybridized carbons (Fsp3) is 0.154. The molecule has 3 aromatic rings. The van der Waals surface area contributed by atoms with Crippen molar-refractivity contribution in [2.24, 2.45) is 0 Å². The Morgan fingerprint density at radius 3 is 2.73 bits per heavy atom. The van der Waals surface area contributed by atoms with Crippen molar-refractivity contribution in [3.05, 3.63) is 41.6 Å². The third kappa shape index (κ3) is 1.14. The number of para-hydroxylation sites is 1. The maximum Gasteiger partial charge on any atom is 0.138 e. The predicted octanol–water partition coefficient (Wildman–Crippen LogP) is 3.33. The number of hydrogen-bond donors (Lipinski definition) is 1. The minimum atomic E-state index is 0.985. The van der Waals surface area contributed by atoms with Crippen LogP contribution in [0.5, 0.6) is 0 Å². The van der Waals surface area contributed by atoms with E-state index in [0.29, 0.717) is 0 Å². The third-order valence-electron chi connectivity index (χ3n) is 2.94. The lowest BCUT2D eigenvalue weighted by molar-refractivity contribution is 1.18. The Kier molecular flexibility index (Phi) is 1.60. The molecule has 0 aliphatic heterocycles. The van der Waals surface area contributed by atoms with Crippen LogP contribution in [0.2, 0.25) is 0 Å². The lowest BCUT2D eigenvalue weighted by Gasteiger charge is -1.98. The van der Waals surface area contributed by atoms with Gasteiger partial charge in [0.15, 0.2) is 0 Å². The summed E-state index contributed by atoms with van der Waals surface area (Å²) in [5.41, 5.74) is 4.48. The first-order valence-electron chi connectivity index (χ1n) is 5.10. The lowest BCUT2D eigenvalue weighted by Crippen LogP contribution is -1.86. The van der Waals surface area contributed by atoms with E-state index in [1.54, 1.807) is 0 Å². The molecule has 0 aliphatic carbocycles. The number of aromatic amines is 1. The standard InChI is InChI=1S/C13H12N2/c1-8-7-11-10-5-3-4-6-12(10)15-13(11)14-9(8)2/h3-7H,1-2H3,(H,14,15). The smallest absolute Gasteiger partial charge is 0.138 e. The number of nitrogens with zero attached hydrogens (tertiary/aromatic N) is 1. The molecule has 74 valence electrons. The highest BCUT2D eigenvalue weighted by molar-refractivity contribution is 6.05. The van der Waals surface area contributed by atoms with Crippen LogP contribution in [0.4, 0.5) is 0 Å². The van der Waals surface area contributed by atoms with Crippen LogP contribution < -0.4 is 0 Å². The molecule has 0 atom stereocenters. The topological polar surface area (TPSA) is 28.7 Å². The predicted molar refractivity (Wildman–Crippen MR) is 63.1 cm³/mol. The van der Waals surface area contributed by atoms with Gasteiger partial charge in [-0.1, -0.05) is 18.2 Å². The number of benzene rings is 1. The Morgan fingerprint density at radius 2 is 1.87 bits per heavy atom. The molecule has 0 fully saturated rings. The molecule has 0 saturated heterocycles. The van der Waals surface area contributed by atoms with Gasteiger partial charge in [0.05, 0.1) is 0 Å². The molecule has 2 heterocycles. The van der Waals surface area contributed by atoms with Gasteiger partial charge < -0.3 is 4.98 Å². The van der Waals surface area contributed by atoms with Gasteiger partial charge in [0, 0.05) is 22.0 Å². The van der Waals surface area contributed by atoms with Gasteiger partial charge in [0.2, 0.25) is 0 Å². The zero-order valence-electron chi connectivity index (χ0n) is 8.83. The van der Waals surface area contributed by atoms with Gasteiger partial charge in [0.1, 0.15) is 5.65 Å². The largest absolute Gasteiger partial charge is 0.339 e. The molecular weight excluding hydrogens is 184 g/mol. The molecule has 0 bridgehead atoms. The highest BCUT2D eigenvalue weighted by Gasteiger charge is 2.05. The van der Waals surface area contributed by atoms with Crippen molar-refractivity contribution in [2.45, 2.75) is 13.8 Å². The van der Waals surface area contributed by atoms with E-state index in [1.807, 2.05) is 13.0 Å². The molecule has 0 radical (unpaired) electrons. The summed E-state index contributed by atoms with van der Waals surface area (Å²) in [6, 6.07) is 10.5. The summed E-state index contributed by atoms with van der Waals surface area (Å²) in [6.45, 7) is 4.14. The highest BCUT2D eigenvalue weighted by atomic mass is 14.9. The van der Waals surface area contributed by atoms with Gasteiger partial charge in [-0.15, -0.1) is 0 Å². The SMILES string of the molecule is Cc1cc2c(nc1C)[nH]c1ccccc12. The molecule has 2 aromatic heterocycles.